The SMILES string of the molecule is O=C(O)c1cccnc1NC1CC1c1ccccc1. The topological polar surface area (TPSA) is 62.2 Å². The number of anilines is 1. The van der Waals surface area contributed by atoms with Crippen molar-refractivity contribution in [3.63, 3.8) is 0 Å². The Morgan fingerprint density at radius 3 is 2.74 bits per heavy atom. The third kappa shape index (κ3) is 2.42. The highest BCUT2D eigenvalue weighted by Crippen LogP contribution is 2.42. The first-order valence-corrected chi connectivity index (χ1v) is 6.25. The van der Waals surface area contributed by atoms with Gasteiger partial charge in [-0.1, -0.05) is 30.3 Å². The van der Waals surface area contributed by atoms with E-state index in [0.717, 1.165) is 6.42 Å². The van der Waals surface area contributed by atoms with Gasteiger partial charge in [-0.05, 0) is 24.1 Å². The van der Waals surface area contributed by atoms with Gasteiger partial charge in [0.25, 0.3) is 0 Å². The molecule has 2 aromatic rings. The van der Waals surface area contributed by atoms with E-state index >= 15 is 0 Å². The first kappa shape index (κ1) is 11.7. The molecule has 0 amide bonds. The summed E-state index contributed by atoms with van der Waals surface area (Å²) in [6, 6.07) is 13.7. The lowest BCUT2D eigenvalue weighted by Crippen LogP contribution is -2.11. The summed E-state index contributed by atoms with van der Waals surface area (Å²) >= 11 is 0. The summed E-state index contributed by atoms with van der Waals surface area (Å²) in [4.78, 5) is 15.2. The van der Waals surface area contributed by atoms with Crippen LogP contribution in [0.1, 0.15) is 28.3 Å². The molecule has 3 rings (SSSR count). The van der Waals surface area contributed by atoms with Gasteiger partial charge in [-0.15, -0.1) is 0 Å². The molecule has 0 spiro atoms. The fourth-order valence-electron chi connectivity index (χ4n) is 2.29. The molecule has 2 atom stereocenters. The third-order valence-corrected chi connectivity index (χ3v) is 3.38. The van der Waals surface area contributed by atoms with Crippen LogP contribution in [0.25, 0.3) is 0 Å². The van der Waals surface area contributed by atoms with Gasteiger partial charge in [0.05, 0.1) is 0 Å². The largest absolute Gasteiger partial charge is 0.478 e. The summed E-state index contributed by atoms with van der Waals surface area (Å²) in [6.07, 6.45) is 2.62. The second-order valence-electron chi connectivity index (χ2n) is 4.71. The Morgan fingerprint density at radius 1 is 1.21 bits per heavy atom. The summed E-state index contributed by atoms with van der Waals surface area (Å²) in [5, 5.41) is 12.3. The molecular formula is C15H14N2O2. The number of carbonyl (C=O) groups is 1. The average molecular weight is 254 g/mol. The van der Waals surface area contributed by atoms with E-state index in [0.29, 0.717) is 11.7 Å². The molecule has 0 bridgehead atoms. The summed E-state index contributed by atoms with van der Waals surface area (Å²) in [5.41, 5.74) is 1.51. The summed E-state index contributed by atoms with van der Waals surface area (Å²) in [7, 11) is 0. The third-order valence-electron chi connectivity index (χ3n) is 3.38. The normalized spacial score (nSPS) is 20.8. The number of nitrogens with one attached hydrogen (secondary N) is 1. The highest BCUT2D eigenvalue weighted by Gasteiger charge is 2.38. The van der Waals surface area contributed by atoms with Gasteiger partial charge in [-0.2, -0.15) is 0 Å². The molecule has 2 unspecified atom stereocenters. The lowest BCUT2D eigenvalue weighted by atomic mass is 10.1. The Labute approximate surface area is 111 Å². The van der Waals surface area contributed by atoms with Gasteiger partial charge in [0.2, 0.25) is 0 Å². The van der Waals surface area contributed by atoms with Crippen LogP contribution in [0.15, 0.2) is 48.7 Å². The number of pyridine rings is 1. The lowest BCUT2D eigenvalue weighted by Gasteiger charge is -2.07. The van der Waals surface area contributed by atoms with E-state index in [2.05, 4.69) is 22.4 Å². The molecule has 2 N–H and O–H groups in total. The van der Waals surface area contributed by atoms with Crippen LogP contribution in [0.5, 0.6) is 0 Å². The van der Waals surface area contributed by atoms with Crippen LogP contribution >= 0.6 is 0 Å². The van der Waals surface area contributed by atoms with Crippen LogP contribution < -0.4 is 5.32 Å². The molecule has 4 heteroatoms. The number of nitrogens with zero attached hydrogens (tertiary/aromatic N) is 1. The number of rotatable bonds is 4. The minimum atomic E-state index is -0.951. The number of aromatic nitrogens is 1. The highest BCUT2D eigenvalue weighted by molar-refractivity contribution is 5.93. The van der Waals surface area contributed by atoms with Crippen LogP contribution in [0, 0.1) is 0 Å². The summed E-state index contributed by atoms with van der Waals surface area (Å²) in [6.45, 7) is 0. The maximum Gasteiger partial charge on any atom is 0.339 e. The molecular weight excluding hydrogens is 240 g/mol. The van der Waals surface area contributed by atoms with E-state index in [1.807, 2.05) is 18.2 Å². The average Bonchev–Trinajstić information content (AvgIpc) is 3.19. The van der Waals surface area contributed by atoms with Crippen LogP contribution in [0.3, 0.4) is 0 Å². The number of carboxylic acids is 1. The van der Waals surface area contributed by atoms with Crippen molar-refractivity contribution in [2.24, 2.45) is 0 Å². The Hall–Kier alpha value is -2.36. The van der Waals surface area contributed by atoms with Crippen molar-refractivity contribution in [1.29, 1.82) is 0 Å². The van der Waals surface area contributed by atoms with Gasteiger partial charge < -0.3 is 10.4 Å². The molecule has 96 valence electrons. The molecule has 0 radical (unpaired) electrons. The zero-order chi connectivity index (χ0) is 13.2. The van der Waals surface area contributed by atoms with Gasteiger partial charge in [0.15, 0.2) is 0 Å². The fraction of sp³-hybridized carbons (Fsp3) is 0.200. The predicted octanol–water partition coefficient (Wildman–Crippen LogP) is 2.75. The Balaban J connectivity index is 1.73. The van der Waals surface area contributed by atoms with Crippen molar-refractivity contribution < 1.29 is 9.90 Å². The van der Waals surface area contributed by atoms with Crippen molar-refractivity contribution in [1.82, 2.24) is 4.98 Å². The maximum absolute atomic E-state index is 11.1. The van der Waals surface area contributed by atoms with Crippen molar-refractivity contribution >= 4 is 11.8 Å². The monoisotopic (exact) mass is 254 g/mol. The van der Waals surface area contributed by atoms with Gasteiger partial charge in [-0.3, -0.25) is 0 Å². The van der Waals surface area contributed by atoms with E-state index in [1.165, 1.54) is 5.56 Å². The van der Waals surface area contributed by atoms with E-state index in [4.69, 9.17) is 5.11 Å². The Morgan fingerprint density at radius 2 is 2.00 bits per heavy atom. The number of carboxylic acid groups (broad SMARTS) is 1. The predicted molar refractivity (Wildman–Crippen MR) is 72.4 cm³/mol. The molecule has 1 fully saturated rings. The number of aromatic carboxylic acids is 1. The van der Waals surface area contributed by atoms with E-state index < -0.39 is 5.97 Å². The van der Waals surface area contributed by atoms with Crippen molar-refractivity contribution in [2.45, 2.75) is 18.4 Å². The molecule has 4 nitrogen and oxygen atoms in total. The fourth-order valence-corrected chi connectivity index (χ4v) is 2.29. The smallest absolute Gasteiger partial charge is 0.339 e. The van der Waals surface area contributed by atoms with Gasteiger partial charge in [0, 0.05) is 18.2 Å². The molecule has 1 aromatic heterocycles. The zero-order valence-corrected chi connectivity index (χ0v) is 10.3. The van der Waals surface area contributed by atoms with Crippen LogP contribution in [0.4, 0.5) is 5.82 Å². The van der Waals surface area contributed by atoms with Gasteiger partial charge in [-0.25, -0.2) is 9.78 Å². The molecule has 1 aromatic carbocycles. The first-order valence-electron chi connectivity index (χ1n) is 6.25. The van der Waals surface area contributed by atoms with Crippen LogP contribution in [-0.2, 0) is 0 Å². The molecule has 1 heterocycles. The number of hydrogen-bond donors (Lipinski definition) is 2. The zero-order valence-electron chi connectivity index (χ0n) is 10.3. The first-order chi connectivity index (χ1) is 9.25. The maximum atomic E-state index is 11.1. The molecule has 0 saturated heterocycles. The number of hydrogen-bond acceptors (Lipinski definition) is 3. The van der Waals surface area contributed by atoms with Gasteiger partial charge in [0.1, 0.15) is 11.4 Å². The quantitative estimate of drug-likeness (QED) is 0.880. The van der Waals surface area contributed by atoms with Crippen molar-refractivity contribution in [3.8, 4) is 0 Å². The molecule has 19 heavy (non-hydrogen) atoms. The van der Waals surface area contributed by atoms with E-state index in [-0.39, 0.29) is 11.6 Å². The molecule has 1 aliphatic carbocycles. The molecule has 1 aliphatic rings. The second kappa shape index (κ2) is 4.72. The van der Waals surface area contributed by atoms with E-state index in [1.54, 1.807) is 18.3 Å². The molecule has 0 aliphatic heterocycles. The summed E-state index contributed by atoms with van der Waals surface area (Å²) in [5.74, 6) is -0.0456. The van der Waals surface area contributed by atoms with Crippen molar-refractivity contribution in [3.05, 3.63) is 59.8 Å². The standard InChI is InChI=1S/C15H14N2O2/c18-15(19)11-7-4-8-16-14(11)17-13-9-12(13)10-5-2-1-3-6-10/h1-8,12-13H,9H2,(H,16,17)(H,18,19). The minimum absolute atomic E-state index is 0.223. The van der Waals surface area contributed by atoms with Crippen LogP contribution in [-0.4, -0.2) is 22.1 Å². The minimum Gasteiger partial charge on any atom is -0.478 e. The van der Waals surface area contributed by atoms with E-state index in [9.17, 15) is 4.79 Å². The Bertz CT molecular complexity index is 598. The molecule has 1 saturated carbocycles. The lowest BCUT2D eigenvalue weighted by molar-refractivity contribution is 0.0697. The van der Waals surface area contributed by atoms with Crippen molar-refractivity contribution in [2.75, 3.05) is 5.32 Å². The van der Waals surface area contributed by atoms with Crippen LogP contribution in [0.2, 0.25) is 0 Å². The Kier molecular flexibility index (Phi) is 2.91. The second-order valence-corrected chi connectivity index (χ2v) is 4.71. The summed E-state index contributed by atoms with van der Waals surface area (Å²) < 4.78 is 0. The van der Waals surface area contributed by atoms with Gasteiger partial charge >= 0.3 is 5.97 Å². The number of benzene rings is 1. The highest BCUT2D eigenvalue weighted by atomic mass is 16.4.